The zero-order valence-electron chi connectivity index (χ0n) is 9.22. The van der Waals surface area contributed by atoms with Crippen molar-refractivity contribution in [3.63, 3.8) is 0 Å². The maximum Gasteiger partial charge on any atom is 0.326 e. The molecule has 0 unspecified atom stereocenters. The molecule has 0 aromatic carbocycles. The van der Waals surface area contributed by atoms with Crippen LogP contribution in [0.4, 0.5) is 0 Å². The number of rotatable bonds is 2. The first-order valence-corrected chi connectivity index (χ1v) is 6.96. The van der Waals surface area contributed by atoms with Crippen LogP contribution in [-0.4, -0.2) is 46.0 Å². The Morgan fingerprint density at radius 1 is 1.19 bits per heavy atom. The lowest BCUT2D eigenvalue weighted by Gasteiger charge is -2.28. The van der Waals surface area contributed by atoms with Crippen molar-refractivity contribution in [1.82, 2.24) is 4.90 Å². The normalized spacial score (nSPS) is 27.0. The van der Waals surface area contributed by atoms with E-state index in [1.807, 2.05) is 11.8 Å². The van der Waals surface area contributed by atoms with E-state index in [0.29, 0.717) is 13.0 Å². The first-order valence-electron chi connectivity index (χ1n) is 5.81. The van der Waals surface area contributed by atoms with E-state index in [-0.39, 0.29) is 11.8 Å². The van der Waals surface area contributed by atoms with Gasteiger partial charge in [0.1, 0.15) is 6.04 Å². The predicted octanol–water partition coefficient (Wildman–Crippen LogP) is 1.21. The number of carboxylic acid groups (broad SMARTS) is 1. The molecule has 2 heterocycles. The van der Waals surface area contributed by atoms with Gasteiger partial charge in [0.05, 0.1) is 0 Å². The largest absolute Gasteiger partial charge is 0.480 e. The van der Waals surface area contributed by atoms with Gasteiger partial charge in [-0.1, -0.05) is 0 Å². The third kappa shape index (κ3) is 2.34. The van der Waals surface area contributed by atoms with Crippen LogP contribution in [0.25, 0.3) is 0 Å². The summed E-state index contributed by atoms with van der Waals surface area (Å²) in [5.74, 6) is 1.35. The summed E-state index contributed by atoms with van der Waals surface area (Å²) in [7, 11) is 0. The number of carboxylic acids is 1. The molecule has 2 saturated heterocycles. The number of aliphatic carboxylic acids is 1. The molecule has 5 heteroatoms. The average Bonchev–Trinajstić information content (AvgIpc) is 2.78. The lowest BCUT2D eigenvalue weighted by molar-refractivity contribution is -0.150. The van der Waals surface area contributed by atoms with Crippen molar-refractivity contribution in [2.24, 2.45) is 5.92 Å². The Morgan fingerprint density at radius 2 is 1.88 bits per heavy atom. The molecular weight excluding hydrogens is 226 g/mol. The molecule has 1 N–H and O–H groups in total. The van der Waals surface area contributed by atoms with E-state index < -0.39 is 12.0 Å². The number of carbonyl (C=O) groups excluding carboxylic acids is 1. The van der Waals surface area contributed by atoms with Gasteiger partial charge in [-0.3, -0.25) is 4.79 Å². The van der Waals surface area contributed by atoms with Crippen LogP contribution in [0.15, 0.2) is 0 Å². The Labute approximate surface area is 99.4 Å². The number of thioether (sulfide) groups is 1. The third-order valence-corrected chi connectivity index (χ3v) is 4.44. The van der Waals surface area contributed by atoms with Crippen molar-refractivity contribution in [3.8, 4) is 0 Å². The summed E-state index contributed by atoms with van der Waals surface area (Å²) >= 11 is 1.88. The Morgan fingerprint density at radius 3 is 2.50 bits per heavy atom. The highest BCUT2D eigenvalue weighted by Crippen LogP contribution is 2.27. The molecule has 90 valence electrons. The van der Waals surface area contributed by atoms with Crippen LogP contribution in [0.1, 0.15) is 25.7 Å². The number of amides is 1. The van der Waals surface area contributed by atoms with Crippen molar-refractivity contribution < 1.29 is 14.7 Å². The Bertz CT molecular complexity index is 289. The summed E-state index contributed by atoms with van der Waals surface area (Å²) < 4.78 is 0. The number of hydrogen-bond acceptors (Lipinski definition) is 3. The van der Waals surface area contributed by atoms with Gasteiger partial charge in [-0.2, -0.15) is 11.8 Å². The maximum absolute atomic E-state index is 12.2. The average molecular weight is 243 g/mol. The van der Waals surface area contributed by atoms with Gasteiger partial charge in [0.15, 0.2) is 0 Å². The van der Waals surface area contributed by atoms with Gasteiger partial charge < -0.3 is 10.0 Å². The number of nitrogens with zero attached hydrogens (tertiary/aromatic N) is 1. The quantitative estimate of drug-likeness (QED) is 0.792. The van der Waals surface area contributed by atoms with Gasteiger partial charge in [0.25, 0.3) is 0 Å². The van der Waals surface area contributed by atoms with Crippen LogP contribution in [0, 0.1) is 5.92 Å². The van der Waals surface area contributed by atoms with E-state index in [1.54, 1.807) is 4.90 Å². The highest BCUT2D eigenvalue weighted by molar-refractivity contribution is 7.99. The first kappa shape index (κ1) is 11.8. The highest BCUT2D eigenvalue weighted by atomic mass is 32.2. The molecule has 2 aliphatic heterocycles. The van der Waals surface area contributed by atoms with Crippen LogP contribution < -0.4 is 0 Å². The second-order valence-electron chi connectivity index (χ2n) is 4.41. The maximum atomic E-state index is 12.2. The van der Waals surface area contributed by atoms with Gasteiger partial charge in [-0.25, -0.2) is 4.79 Å². The minimum atomic E-state index is -0.851. The van der Waals surface area contributed by atoms with E-state index in [9.17, 15) is 9.59 Å². The summed E-state index contributed by atoms with van der Waals surface area (Å²) in [5.41, 5.74) is 0. The van der Waals surface area contributed by atoms with Gasteiger partial charge in [-0.15, -0.1) is 0 Å². The molecular formula is C11H17NO3S. The molecule has 0 bridgehead atoms. The molecule has 0 aliphatic carbocycles. The lowest BCUT2D eigenvalue weighted by Crippen LogP contribution is -2.44. The summed E-state index contributed by atoms with van der Waals surface area (Å²) in [6.07, 6.45) is 3.26. The Balaban J connectivity index is 1.99. The fourth-order valence-corrected chi connectivity index (χ4v) is 3.57. The van der Waals surface area contributed by atoms with Crippen LogP contribution >= 0.6 is 11.8 Å². The molecule has 2 aliphatic rings. The van der Waals surface area contributed by atoms with Crippen LogP contribution in [0.2, 0.25) is 0 Å². The number of carbonyl (C=O) groups is 2. The molecule has 2 fully saturated rings. The van der Waals surface area contributed by atoms with Gasteiger partial charge >= 0.3 is 5.97 Å². The lowest BCUT2D eigenvalue weighted by atomic mass is 10.0. The fourth-order valence-electron chi connectivity index (χ4n) is 2.47. The summed E-state index contributed by atoms with van der Waals surface area (Å²) in [6.45, 7) is 0.624. The summed E-state index contributed by atoms with van der Waals surface area (Å²) in [6, 6.07) is -0.568. The van der Waals surface area contributed by atoms with Crippen LogP contribution in [-0.2, 0) is 9.59 Å². The monoisotopic (exact) mass is 243 g/mol. The molecule has 0 aromatic heterocycles. The van der Waals surface area contributed by atoms with Gasteiger partial charge in [0.2, 0.25) is 5.91 Å². The number of hydrogen-bond donors (Lipinski definition) is 1. The topological polar surface area (TPSA) is 57.6 Å². The van der Waals surface area contributed by atoms with Gasteiger partial charge in [0, 0.05) is 12.5 Å². The summed E-state index contributed by atoms with van der Waals surface area (Å²) in [5, 5.41) is 9.03. The predicted molar refractivity (Wildman–Crippen MR) is 62.4 cm³/mol. The number of likely N-dealkylation sites (tertiary alicyclic amines) is 1. The van der Waals surface area contributed by atoms with Crippen LogP contribution in [0.3, 0.4) is 0 Å². The summed E-state index contributed by atoms with van der Waals surface area (Å²) in [4.78, 5) is 24.8. The molecule has 1 amide bonds. The van der Waals surface area contributed by atoms with Crippen molar-refractivity contribution in [1.29, 1.82) is 0 Å². The molecule has 2 rings (SSSR count). The van der Waals surface area contributed by atoms with E-state index >= 15 is 0 Å². The van der Waals surface area contributed by atoms with E-state index in [1.165, 1.54) is 0 Å². The van der Waals surface area contributed by atoms with Crippen molar-refractivity contribution >= 4 is 23.6 Å². The van der Waals surface area contributed by atoms with Gasteiger partial charge in [-0.05, 0) is 37.2 Å². The smallest absolute Gasteiger partial charge is 0.326 e. The second kappa shape index (κ2) is 5.08. The van der Waals surface area contributed by atoms with Crippen molar-refractivity contribution in [2.45, 2.75) is 31.7 Å². The van der Waals surface area contributed by atoms with Crippen molar-refractivity contribution in [3.05, 3.63) is 0 Å². The van der Waals surface area contributed by atoms with E-state index in [4.69, 9.17) is 5.11 Å². The molecule has 0 radical (unpaired) electrons. The fraction of sp³-hybridized carbons (Fsp3) is 0.818. The molecule has 4 nitrogen and oxygen atoms in total. The zero-order chi connectivity index (χ0) is 11.5. The SMILES string of the molecule is O=C(O)[C@@H]1CCCN1C(=O)C1CCSCC1. The van der Waals surface area contributed by atoms with Crippen molar-refractivity contribution in [2.75, 3.05) is 18.1 Å². The Kier molecular flexibility index (Phi) is 3.74. The standard InChI is InChI=1S/C11H17NO3S/c13-10(8-3-6-16-7-4-8)12-5-1-2-9(12)11(14)15/h8-9H,1-7H2,(H,14,15)/t9-/m0/s1. The molecule has 16 heavy (non-hydrogen) atoms. The zero-order valence-corrected chi connectivity index (χ0v) is 10.0. The minimum Gasteiger partial charge on any atom is -0.480 e. The highest BCUT2D eigenvalue weighted by Gasteiger charge is 2.37. The molecule has 1 atom stereocenters. The van der Waals surface area contributed by atoms with Crippen LogP contribution in [0.5, 0.6) is 0 Å². The Hall–Kier alpha value is -0.710. The minimum absolute atomic E-state index is 0.0706. The van der Waals surface area contributed by atoms with E-state index in [2.05, 4.69) is 0 Å². The second-order valence-corrected chi connectivity index (χ2v) is 5.64. The first-order chi connectivity index (χ1) is 7.70. The third-order valence-electron chi connectivity index (χ3n) is 3.39. The molecule has 0 aromatic rings. The molecule has 0 spiro atoms. The van der Waals surface area contributed by atoms with E-state index in [0.717, 1.165) is 30.8 Å². The molecule has 0 saturated carbocycles.